The van der Waals surface area contributed by atoms with Gasteiger partial charge in [-0.05, 0) is 62.9 Å². The van der Waals surface area contributed by atoms with Crippen LogP contribution in [0.2, 0.25) is 5.02 Å². The largest absolute Gasteiger partial charge is 0.335 e. The van der Waals surface area contributed by atoms with Crippen LogP contribution in [0.4, 0.5) is 4.39 Å². The highest BCUT2D eigenvalue weighted by molar-refractivity contribution is 6.31. The van der Waals surface area contributed by atoms with Gasteiger partial charge in [-0.1, -0.05) is 11.6 Å². The average Bonchev–Trinajstić information content (AvgIpc) is 3.33. The molecule has 21 heavy (non-hydrogen) atoms. The number of benzene rings is 1. The minimum atomic E-state index is -0.482. The molecule has 114 valence electrons. The van der Waals surface area contributed by atoms with Gasteiger partial charge < -0.3 is 10.2 Å². The molecule has 3 rings (SSSR count). The van der Waals surface area contributed by atoms with Crippen LogP contribution >= 0.6 is 11.6 Å². The van der Waals surface area contributed by atoms with E-state index in [2.05, 4.69) is 5.32 Å². The summed E-state index contributed by atoms with van der Waals surface area (Å²) >= 11 is 5.80. The SMILES string of the molecule is O=C(c1ccc(F)c(Cl)c1)N(CC1CCNCC1)C1CC1. The molecule has 5 heteroatoms. The lowest BCUT2D eigenvalue weighted by atomic mass is 9.97. The molecular weight excluding hydrogens is 291 g/mol. The van der Waals surface area contributed by atoms with Gasteiger partial charge in [-0.3, -0.25) is 4.79 Å². The van der Waals surface area contributed by atoms with Gasteiger partial charge in [0.1, 0.15) is 5.82 Å². The molecule has 1 heterocycles. The topological polar surface area (TPSA) is 32.3 Å². The lowest BCUT2D eigenvalue weighted by Crippen LogP contribution is -2.40. The van der Waals surface area contributed by atoms with E-state index in [1.165, 1.54) is 18.2 Å². The summed E-state index contributed by atoms with van der Waals surface area (Å²) in [4.78, 5) is 14.7. The van der Waals surface area contributed by atoms with Gasteiger partial charge in [0.05, 0.1) is 5.02 Å². The quantitative estimate of drug-likeness (QED) is 0.927. The fourth-order valence-corrected chi connectivity index (χ4v) is 3.10. The zero-order valence-corrected chi connectivity index (χ0v) is 12.7. The highest BCUT2D eigenvalue weighted by atomic mass is 35.5. The summed E-state index contributed by atoms with van der Waals surface area (Å²) < 4.78 is 13.2. The molecule has 1 N–H and O–H groups in total. The van der Waals surface area contributed by atoms with Crippen molar-refractivity contribution in [1.29, 1.82) is 0 Å². The second-order valence-electron chi connectivity index (χ2n) is 6.01. The van der Waals surface area contributed by atoms with Crippen LogP contribution in [0.3, 0.4) is 0 Å². The Morgan fingerprint density at radius 2 is 2.00 bits per heavy atom. The second-order valence-corrected chi connectivity index (χ2v) is 6.42. The Labute approximate surface area is 129 Å². The van der Waals surface area contributed by atoms with E-state index in [-0.39, 0.29) is 10.9 Å². The maximum Gasteiger partial charge on any atom is 0.254 e. The first kappa shape index (κ1) is 14.8. The Morgan fingerprint density at radius 3 is 2.62 bits per heavy atom. The first-order valence-electron chi connectivity index (χ1n) is 7.62. The first-order valence-corrected chi connectivity index (χ1v) is 7.99. The molecule has 1 aromatic carbocycles. The van der Waals surface area contributed by atoms with Crippen LogP contribution in [0.15, 0.2) is 18.2 Å². The number of hydrogen-bond donors (Lipinski definition) is 1. The molecule has 1 aromatic rings. The number of carbonyl (C=O) groups is 1. The fraction of sp³-hybridized carbons (Fsp3) is 0.562. The van der Waals surface area contributed by atoms with Crippen molar-refractivity contribution in [3.8, 4) is 0 Å². The Balaban J connectivity index is 1.73. The number of carbonyl (C=O) groups excluding carboxylic acids is 1. The zero-order valence-electron chi connectivity index (χ0n) is 11.9. The lowest BCUT2D eigenvalue weighted by molar-refractivity contribution is 0.0701. The predicted molar refractivity (Wildman–Crippen MR) is 81.1 cm³/mol. The molecule has 0 atom stereocenters. The minimum Gasteiger partial charge on any atom is -0.335 e. The van der Waals surface area contributed by atoms with Crippen molar-refractivity contribution in [1.82, 2.24) is 10.2 Å². The molecule has 0 radical (unpaired) electrons. The van der Waals surface area contributed by atoms with Crippen LogP contribution in [0.5, 0.6) is 0 Å². The molecule has 0 bridgehead atoms. The molecule has 1 aliphatic heterocycles. The average molecular weight is 311 g/mol. The number of nitrogens with one attached hydrogen (secondary N) is 1. The van der Waals surface area contributed by atoms with E-state index in [1.54, 1.807) is 0 Å². The first-order chi connectivity index (χ1) is 10.1. The molecule has 3 nitrogen and oxygen atoms in total. The zero-order chi connectivity index (χ0) is 14.8. The summed E-state index contributed by atoms with van der Waals surface area (Å²) in [5.74, 6) is 0.0641. The lowest BCUT2D eigenvalue weighted by Gasteiger charge is -2.30. The van der Waals surface area contributed by atoms with Gasteiger partial charge in [-0.2, -0.15) is 0 Å². The molecule has 1 saturated heterocycles. The third kappa shape index (κ3) is 3.55. The summed E-state index contributed by atoms with van der Waals surface area (Å²) in [6.07, 6.45) is 4.37. The van der Waals surface area contributed by atoms with Gasteiger partial charge >= 0.3 is 0 Å². The van der Waals surface area contributed by atoms with Gasteiger partial charge in [-0.15, -0.1) is 0 Å². The number of nitrogens with zero attached hydrogens (tertiary/aromatic N) is 1. The van der Waals surface area contributed by atoms with Gasteiger partial charge in [0, 0.05) is 18.2 Å². The van der Waals surface area contributed by atoms with Crippen LogP contribution in [-0.4, -0.2) is 36.5 Å². The maximum absolute atomic E-state index is 13.2. The van der Waals surface area contributed by atoms with Crippen molar-refractivity contribution >= 4 is 17.5 Å². The Bertz CT molecular complexity index is 527. The van der Waals surface area contributed by atoms with E-state index >= 15 is 0 Å². The van der Waals surface area contributed by atoms with Crippen LogP contribution in [-0.2, 0) is 0 Å². The highest BCUT2D eigenvalue weighted by Crippen LogP contribution is 2.31. The number of halogens is 2. The second kappa shape index (κ2) is 6.32. The molecule has 0 aromatic heterocycles. The Morgan fingerprint density at radius 1 is 1.29 bits per heavy atom. The Kier molecular flexibility index (Phi) is 4.45. The van der Waals surface area contributed by atoms with Crippen molar-refractivity contribution in [2.45, 2.75) is 31.7 Å². The fourth-order valence-electron chi connectivity index (χ4n) is 2.92. The summed E-state index contributed by atoms with van der Waals surface area (Å²) in [5, 5.41) is 3.36. The molecule has 0 spiro atoms. The van der Waals surface area contributed by atoms with Gasteiger partial charge in [0.15, 0.2) is 0 Å². The summed E-state index contributed by atoms with van der Waals surface area (Å²) in [5.41, 5.74) is 0.488. The van der Waals surface area contributed by atoms with Crippen molar-refractivity contribution in [3.05, 3.63) is 34.6 Å². The number of hydrogen-bond acceptors (Lipinski definition) is 2. The molecular formula is C16H20ClFN2O. The van der Waals surface area contributed by atoms with Crippen molar-refractivity contribution in [2.75, 3.05) is 19.6 Å². The third-order valence-corrected chi connectivity index (χ3v) is 4.62. The van der Waals surface area contributed by atoms with E-state index in [9.17, 15) is 9.18 Å². The van der Waals surface area contributed by atoms with E-state index in [4.69, 9.17) is 11.6 Å². The van der Waals surface area contributed by atoms with Crippen molar-refractivity contribution < 1.29 is 9.18 Å². The van der Waals surface area contributed by atoms with Gasteiger partial charge in [-0.25, -0.2) is 4.39 Å². The van der Waals surface area contributed by atoms with E-state index < -0.39 is 5.82 Å². The van der Waals surface area contributed by atoms with Crippen LogP contribution in [0.25, 0.3) is 0 Å². The smallest absolute Gasteiger partial charge is 0.254 e. The number of rotatable bonds is 4. The van der Waals surface area contributed by atoms with Crippen LogP contribution in [0, 0.1) is 11.7 Å². The Hall–Kier alpha value is -1.13. The number of piperidine rings is 1. The maximum atomic E-state index is 13.2. The molecule has 1 saturated carbocycles. The van der Waals surface area contributed by atoms with Gasteiger partial charge in [0.25, 0.3) is 5.91 Å². The van der Waals surface area contributed by atoms with Crippen LogP contribution in [0.1, 0.15) is 36.0 Å². The third-order valence-electron chi connectivity index (χ3n) is 4.33. The molecule has 0 unspecified atom stereocenters. The minimum absolute atomic E-state index is 0.0125. The summed E-state index contributed by atoms with van der Waals surface area (Å²) in [7, 11) is 0. The van der Waals surface area contributed by atoms with E-state index in [0.29, 0.717) is 17.5 Å². The van der Waals surface area contributed by atoms with E-state index in [1.807, 2.05) is 4.90 Å². The van der Waals surface area contributed by atoms with Crippen LogP contribution < -0.4 is 5.32 Å². The predicted octanol–water partition coefficient (Wildman–Crippen LogP) is 3.08. The standard InChI is InChI=1S/C16H20ClFN2O/c17-14-9-12(1-4-15(14)18)16(21)20(13-2-3-13)10-11-5-7-19-8-6-11/h1,4,9,11,13,19H,2-3,5-8,10H2. The summed E-state index contributed by atoms with van der Waals surface area (Å²) in [6, 6.07) is 4.60. The monoisotopic (exact) mass is 310 g/mol. The van der Waals surface area contributed by atoms with E-state index in [0.717, 1.165) is 45.3 Å². The molecule has 1 aliphatic carbocycles. The molecule has 2 fully saturated rings. The highest BCUT2D eigenvalue weighted by Gasteiger charge is 2.34. The summed E-state index contributed by atoms with van der Waals surface area (Å²) in [6.45, 7) is 2.86. The number of amides is 1. The van der Waals surface area contributed by atoms with Crippen molar-refractivity contribution in [3.63, 3.8) is 0 Å². The van der Waals surface area contributed by atoms with Gasteiger partial charge in [0.2, 0.25) is 0 Å². The molecule has 1 amide bonds. The van der Waals surface area contributed by atoms with Crippen molar-refractivity contribution in [2.24, 2.45) is 5.92 Å². The molecule has 2 aliphatic rings. The normalized spacial score (nSPS) is 19.5.